The van der Waals surface area contributed by atoms with Crippen LogP contribution in [0.15, 0.2) is 42.5 Å². The lowest BCUT2D eigenvalue weighted by atomic mass is 10.2. The average Bonchev–Trinajstić information content (AvgIpc) is 3.06. The number of hydrogen-bond acceptors (Lipinski definition) is 5. The fourth-order valence-electron chi connectivity index (χ4n) is 3.00. The van der Waals surface area contributed by atoms with E-state index in [0.717, 1.165) is 16.9 Å². The van der Waals surface area contributed by atoms with Crippen molar-refractivity contribution in [2.75, 3.05) is 18.5 Å². The number of amides is 2. The molecule has 0 aliphatic rings. The van der Waals surface area contributed by atoms with Crippen LogP contribution in [0, 0.1) is 20.8 Å². The number of nitrogens with zero attached hydrogens (tertiary/aromatic N) is 2. The lowest BCUT2D eigenvalue weighted by Gasteiger charge is -2.10. The number of hydrogen-bond donors (Lipinski definition) is 2. The van der Waals surface area contributed by atoms with Crippen LogP contribution in [0.25, 0.3) is 5.69 Å². The van der Waals surface area contributed by atoms with Gasteiger partial charge in [-0.1, -0.05) is 29.3 Å². The summed E-state index contributed by atoms with van der Waals surface area (Å²) in [6.07, 6.45) is 0. The molecule has 0 fully saturated rings. The molecule has 2 N–H and O–H groups in total. The van der Waals surface area contributed by atoms with Crippen molar-refractivity contribution in [2.45, 2.75) is 20.8 Å². The number of aryl methyl sites for hydroxylation is 1. The minimum atomic E-state index is -0.665. The Hall–Kier alpha value is -3.36. The zero-order valence-electron chi connectivity index (χ0n) is 18.2. The molecule has 2 aromatic carbocycles. The number of anilines is 1. The molecule has 3 aromatic rings. The molecule has 0 spiro atoms. The zero-order valence-corrected chi connectivity index (χ0v) is 19.8. The minimum Gasteiger partial charge on any atom is -0.452 e. The molecule has 8 nitrogen and oxygen atoms in total. The van der Waals surface area contributed by atoms with E-state index >= 15 is 0 Å². The van der Waals surface area contributed by atoms with Gasteiger partial charge in [0.05, 0.1) is 34.2 Å². The van der Waals surface area contributed by atoms with Gasteiger partial charge in [0.25, 0.3) is 5.91 Å². The third-order valence-electron chi connectivity index (χ3n) is 4.87. The van der Waals surface area contributed by atoms with E-state index in [2.05, 4.69) is 15.7 Å². The van der Waals surface area contributed by atoms with Gasteiger partial charge in [0.15, 0.2) is 6.61 Å². The molecule has 0 radical (unpaired) electrons. The van der Waals surface area contributed by atoms with Crippen molar-refractivity contribution >= 4 is 46.7 Å². The Labute approximate surface area is 200 Å². The monoisotopic (exact) mass is 488 g/mol. The van der Waals surface area contributed by atoms with Crippen LogP contribution < -0.4 is 10.6 Å². The summed E-state index contributed by atoms with van der Waals surface area (Å²) in [6.45, 7) is 4.64. The highest BCUT2D eigenvalue weighted by Crippen LogP contribution is 2.23. The molecule has 0 aliphatic heterocycles. The van der Waals surface area contributed by atoms with E-state index in [1.165, 1.54) is 0 Å². The number of nitrogens with one attached hydrogen (secondary N) is 2. The molecule has 0 aliphatic carbocycles. The lowest BCUT2D eigenvalue weighted by Crippen LogP contribution is -2.35. The molecule has 1 heterocycles. The van der Waals surface area contributed by atoms with Crippen LogP contribution in [-0.4, -0.2) is 40.7 Å². The van der Waals surface area contributed by atoms with E-state index in [9.17, 15) is 14.4 Å². The van der Waals surface area contributed by atoms with Gasteiger partial charge in [-0.2, -0.15) is 5.10 Å². The standard InChI is InChI=1S/C23H22Cl2N4O4/c1-13-18(24)5-4-6-19(13)27-20(30)11-26-21(31)12-33-23(32)16-7-9-17(10-8-16)29-15(3)22(25)14(2)28-29/h4-10H,11-12H2,1-3H3,(H,26,31)(H,27,30). The van der Waals surface area contributed by atoms with Crippen LogP contribution in [0.2, 0.25) is 10.0 Å². The second-order valence-corrected chi connectivity index (χ2v) is 8.04. The van der Waals surface area contributed by atoms with Crippen molar-refractivity contribution in [3.63, 3.8) is 0 Å². The molecule has 0 atom stereocenters. The van der Waals surface area contributed by atoms with E-state index in [1.54, 1.807) is 54.1 Å². The first-order chi connectivity index (χ1) is 15.7. The number of carbonyl (C=O) groups is 3. The van der Waals surface area contributed by atoms with Crippen molar-refractivity contribution in [3.8, 4) is 5.69 Å². The molecule has 1 aromatic heterocycles. The number of benzene rings is 2. The number of halogens is 2. The van der Waals surface area contributed by atoms with Gasteiger partial charge in [-0.05, 0) is 62.7 Å². The predicted octanol–water partition coefficient (Wildman–Crippen LogP) is 4.02. The molecule has 172 valence electrons. The smallest absolute Gasteiger partial charge is 0.338 e. The lowest BCUT2D eigenvalue weighted by molar-refractivity contribution is -0.126. The number of ether oxygens (including phenoxy) is 1. The first-order valence-electron chi connectivity index (χ1n) is 9.98. The van der Waals surface area contributed by atoms with Crippen molar-refractivity contribution in [1.82, 2.24) is 15.1 Å². The maximum Gasteiger partial charge on any atom is 0.338 e. The van der Waals surface area contributed by atoms with Gasteiger partial charge in [0.1, 0.15) is 0 Å². The zero-order chi connectivity index (χ0) is 24.1. The Morgan fingerprint density at radius 1 is 1.00 bits per heavy atom. The number of rotatable bonds is 7. The molecule has 10 heteroatoms. The van der Waals surface area contributed by atoms with Crippen molar-refractivity contribution in [2.24, 2.45) is 0 Å². The molecule has 0 unspecified atom stereocenters. The van der Waals surface area contributed by atoms with E-state index in [4.69, 9.17) is 27.9 Å². The summed E-state index contributed by atoms with van der Waals surface area (Å²) >= 11 is 12.2. The highest BCUT2D eigenvalue weighted by atomic mass is 35.5. The van der Waals surface area contributed by atoms with Gasteiger partial charge in [-0.25, -0.2) is 9.48 Å². The Kier molecular flexibility index (Phi) is 7.73. The summed E-state index contributed by atoms with van der Waals surface area (Å²) < 4.78 is 6.70. The second kappa shape index (κ2) is 10.5. The van der Waals surface area contributed by atoms with E-state index < -0.39 is 24.4 Å². The number of esters is 1. The maximum atomic E-state index is 12.2. The Morgan fingerprint density at radius 2 is 1.70 bits per heavy atom. The first-order valence-corrected chi connectivity index (χ1v) is 10.7. The molecule has 33 heavy (non-hydrogen) atoms. The fourth-order valence-corrected chi connectivity index (χ4v) is 3.29. The van der Waals surface area contributed by atoms with Crippen molar-refractivity contribution in [3.05, 3.63) is 75.0 Å². The first kappa shape index (κ1) is 24.3. The molecular weight excluding hydrogens is 467 g/mol. The molecule has 0 saturated heterocycles. The van der Waals surface area contributed by atoms with Gasteiger partial charge in [0, 0.05) is 10.7 Å². The van der Waals surface area contributed by atoms with Crippen LogP contribution in [0.4, 0.5) is 5.69 Å². The number of carbonyl (C=O) groups excluding carboxylic acids is 3. The largest absolute Gasteiger partial charge is 0.452 e. The SMILES string of the molecule is Cc1nn(-c2ccc(C(=O)OCC(=O)NCC(=O)Nc3cccc(Cl)c3C)cc2)c(C)c1Cl. The molecule has 3 rings (SSSR count). The quantitative estimate of drug-likeness (QED) is 0.489. The highest BCUT2D eigenvalue weighted by Gasteiger charge is 2.14. The number of aromatic nitrogens is 2. The normalized spacial score (nSPS) is 10.6. The molecular formula is C23H22Cl2N4O4. The fraction of sp³-hybridized carbons (Fsp3) is 0.217. The topological polar surface area (TPSA) is 102 Å². The van der Waals surface area contributed by atoms with Crippen LogP contribution in [-0.2, 0) is 14.3 Å². The summed E-state index contributed by atoms with van der Waals surface area (Å²) in [4.78, 5) is 36.2. The van der Waals surface area contributed by atoms with Gasteiger partial charge >= 0.3 is 5.97 Å². The molecule has 0 saturated carbocycles. The van der Waals surface area contributed by atoms with E-state index in [-0.39, 0.29) is 12.1 Å². The van der Waals surface area contributed by atoms with Crippen LogP contribution in [0.3, 0.4) is 0 Å². The summed E-state index contributed by atoms with van der Waals surface area (Å²) in [6, 6.07) is 11.7. The second-order valence-electron chi connectivity index (χ2n) is 7.26. The Bertz CT molecular complexity index is 1210. The van der Waals surface area contributed by atoms with Gasteiger partial charge in [-0.15, -0.1) is 0 Å². The average molecular weight is 489 g/mol. The van der Waals surface area contributed by atoms with Gasteiger partial charge < -0.3 is 15.4 Å². The summed E-state index contributed by atoms with van der Waals surface area (Å²) in [5, 5.41) is 10.5. The summed E-state index contributed by atoms with van der Waals surface area (Å²) in [5.41, 5.74) is 3.78. The van der Waals surface area contributed by atoms with E-state index in [1.807, 2.05) is 13.8 Å². The van der Waals surface area contributed by atoms with Gasteiger partial charge in [-0.3, -0.25) is 9.59 Å². The van der Waals surface area contributed by atoms with Crippen LogP contribution in [0.5, 0.6) is 0 Å². The summed E-state index contributed by atoms with van der Waals surface area (Å²) in [5.74, 6) is -1.70. The minimum absolute atomic E-state index is 0.272. The maximum absolute atomic E-state index is 12.2. The third-order valence-corrected chi connectivity index (χ3v) is 5.83. The Morgan fingerprint density at radius 3 is 2.33 bits per heavy atom. The summed E-state index contributed by atoms with van der Waals surface area (Å²) in [7, 11) is 0. The predicted molar refractivity (Wildman–Crippen MR) is 126 cm³/mol. The third kappa shape index (κ3) is 5.91. The highest BCUT2D eigenvalue weighted by molar-refractivity contribution is 6.32. The molecule has 2 amide bonds. The Balaban J connectivity index is 1.48. The van der Waals surface area contributed by atoms with Crippen LogP contribution in [0.1, 0.15) is 27.3 Å². The van der Waals surface area contributed by atoms with E-state index in [0.29, 0.717) is 21.4 Å². The van der Waals surface area contributed by atoms with Crippen molar-refractivity contribution < 1.29 is 19.1 Å². The van der Waals surface area contributed by atoms with Gasteiger partial charge in [0.2, 0.25) is 5.91 Å². The molecule has 0 bridgehead atoms. The van der Waals surface area contributed by atoms with Crippen LogP contribution >= 0.6 is 23.2 Å². The van der Waals surface area contributed by atoms with Crippen molar-refractivity contribution in [1.29, 1.82) is 0 Å².